The third-order valence-corrected chi connectivity index (χ3v) is 2.79. The highest BCUT2D eigenvalue weighted by atomic mass is 16.4. The fraction of sp³-hybridized carbons (Fsp3) is 0.500. The lowest BCUT2D eigenvalue weighted by molar-refractivity contribution is -0.137. The molecule has 1 aromatic rings. The number of aliphatic carboxylic acids is 1. The average Bonchev–Trinajstić information content (AvgIpc) is 2.25. The van der Waals surface area contributed by atoms with Crippen molar-refractivity contribution >= 4 is 5.97 Å². The maximum Gasteiger partial charge on any atom is 0.303 e. The van der Waals surface area contributed by atoms with Crippen LogP contribution in [-0.2, 0) is 10.2 Å². The summed E-state index contributed by atoms with van der Waals surface area (Å²) in [5, 5.41) is 18.3. The van der Waals surface area contributed by atoms with E-state index >= 15 is 0 Å². The van der Waals surface area contributed by atoms with E-state index in [2.05, 4.69) is 20.8 Å². The normalized spacial score (nSPS) is 13.4. The molecular formula is C14H20O3. The predicted molar refractivity (Wildman–Crippen MR) is 67.0 cm³/mol. The molecule has 0 amide bonds. The third kappa shape index (κ3) is 4.19. The van der Waals surface area contributed by atoms with Crippen LogP contribution in [0.5, 0.6) is 0 Å². The van der Waals surface area contributed by atoms with Crippen molar-refractivity contribution in [1.82, 2.24) is 0 Å². The summed E-state index contributed by atoms with van der Waals surface area (Å²) >= 11 is 0. The molecule has 0 aliphatic rings. The van der Waals surface area contributed by atoms with Crippen LogP contribution in [0.3, 0.4) is 0 Å². The van der Waals surface area contributed by atoms with Crippen LogP contribution in [0.15, 0.2) is 24.3 Å². The Morgan fingerprint density at radius 1 is 1.24 bits per heavy atom. The molecule has 3 nitrogen and oxygen atoms in total. The fourth-order valence-electron chi connectivity index (χ4n) is 1.63. The molecule has 1 aromatic carbocycles. The Morgan fingerprint density at radius 2 is 1.76 bits per heavy atom. The molecule has 1 unspecified atom stereocenters. The van der Waals surface area contributed by atoms with E-state index in [9.17, 15) is 9.90 Å². The minimum Gasteiger partial charge on any atom is -0.481 e. The quantitative estimate of drug-likeness (QED) is 0.845. The molecule has 1 atom stereocenters. The number of carbonyl (C=O) groups is 1. The fourth-order valence-corrected chi connectivity index (χ4v) is 1.63. The van der Waals surface area contributed by atoms with Gasteiger partial charge in [0.1, 0.15) is 0 Å². The van der Waals surface area contributed by atoms with Gasteiger partial charge in [0.2, 0.25) is 0 Å². The maximum atomic E-state index is 10.4. The van der Waals surface area contributed by atoms with E-state index in [4.69, 9.17) is 5.11 Å². The average molecular weight is 236 g/mol. The summed E-state index contributed by atoms with van der Waals surface area (Å²) in [7, 11) is 0. The number of rotatable bonds is 4. The first-order valence-electron chi connectivity index (χ1n) is 5.81. The first-order chi connectivity index (χ1) is 7.80. The van der Waals surface area contributed by atoms with Crippen LogP contribution in [0.4, 0.5) is 0 Å². The van der Waals surface area contributed by atoms with Crippen molar-refractivity contribution in [2.45, 2.75) is 45.1 Å². The van der Waals surface area contributed by atoms with Crippen molar-refractivity contribution in [2.24, 2.45) is 0 Å². The van der Waals surface area contributed by atoms with Crippen molar-refractivity contribution in [1.29, 1.82) is 0 Å². The number of benzene rings is 1. The Bertz CT molecular complexity index is 373. The van der Waals surface area contributed by atoms with Gasteiger partial charge >= 0.3 is 5.97 Å². The SMILES string of the molecule is CC(C)(C)c1ccc(C(O)CCC(=O)O)cc1. The topological polar surface area (TPSA) is 57.5 Å². The van der Waals surface area contributed by atoms with E-state index in [-0.39, 0.29) is 18.3 Å². The number of hydrogen-bond donors (Lipinski definition) is 2. The Balaban J connectivity index is 2.70. The number of aliphatic hydroxyl groups excluding tert-OH is 1. The summed E-state index contributed by atoms with van der Waals surface area (Å²) in [6.07, 6.45) is -0.452. The van der Waals surface area contributed by atoms with E-state index in [0.717, 1.165) is 5.56 Å². The van der Waals surface area contributed by atoms with Gasteiger partial charge in [-0.05, 0) is 23.0 Å². The molecule has 0 radical (unpaired) electrons. The van der Waals surface area contributed by atoms with Gasteiger partial charge in [-0.25, -0.2) is 0 Å². The van der Waals surface area contributed by atoms with E-state index in [0.29, 0.717) is 0 Å². The van der Waals surface area contributed by atoms with Crippen LogP contribution in [-0.4, -0.2) is 16.2 Å². The van der Waals surface area contributed by atoms with Gasteiger partial charge in [-0.2, -0.15) is 0 Å². The second kappa shape index (κ2) is 5.32. The van der Waals surface area contributed by atoms with Crippen molar-refractivity contribution in [3.05, 3.63) is 35.4 Å². The minimum absolute atomic E-state index is 0.0117. The second-order valence-corrected chi connectivity index (χ2v) is 5.32. The van der Waals surface area contributed by atoms with Crippen LogP contribution in [0.2, 0.25) is 0 Å². The minimum atomic E-state index is -0.879. The number of hydrogen-bond acceptors (Lipinski definition) is 2. The van der Waals surface area contributed by atoms with Crippen molar-refractivity contribution in [3.8, 4) is 0 Å². The molecule has 2 N–H and O–H groups in total. The smallest absolute Gasteiger partial charge is 0.303 e. The van der Waals surface area contributed by atoms with Crippen LogP contribution in [0, 0.1) is 0 Å². The van der Waals surface area contributed by atoms with Gasteiger partial charge in [-0.3, -0.25) is 4.79 Å². The molecule has 94 valence electrons. The molecule has 0 spiro atoms. The molecule has 0 aliphatic heterocycles. The van der Waals surface area contributed by atoms with Crippen LogP contribution in [0.25, 0.3) is 0 Å². The van der Waals surface area contributed by atoms with E-state index in [1.54, 1.807) is 0 Å². The summed E-state index contributed by atoms with van der Waals surface area (Å²) < 4.78 is 0. The molecule has 17 heavy (non-hydrogen) atoms. The first kappa shape index (κ1) is 13.7. The largest absolute Gasteiger partial charge is 0.481 e. The van der Waals surface area contributed by atoms with Crippen LogP contribution in [0.1, 0.15) is 50.8 Å². The summed E-state index contributed by atoms with van der Waals surface area (Å²) in [4.78, 5) is 10.4. The molecule has 0 aromatic heterocycles. The summed E-state index contributed by atoms with van der Waals surface area (Å²) in [5.41, 5.74) is 2.07. The monoisotopic (exact) mass is 236 g/mol. The number of aliphatic hydroxyl groups is 1. The number of carboxylic acids is 1. The lowest BCUT2D eigenvalue weighted by atomic mass is 9.86. The lowest BCUT2D eigenvalue weighted by Gasteiger charge is -2.20. The summed E-state index contributed by atoms with van der Waals surface area (Å²) in [5.74, 6) is -0.879. The molecule has 0 saturated carbocycles. The zero-order valence-electron chi connectivity index (χ0n) is 10.6. The molecule has 0 bridgehead atoms. The van der Waals surface area contributed by atoms with Crippen LogP contribution < -0.4 is 0 Å². The summed E-state index contributed by atoms with van der Waals surface area (Å²) in [6.45, 7) is 6.38. The maximum absolute atomic E-state index is 10.4. The predicted octanol–water partition coefficient (Wildman–Crippen LogP) is 2.88. The van der Waals surface area contributed by atoms with Gasteiger partial charge < -0.3 is 10.2 Å². The Morgan fingerprint density at radius 3 is 2.18 bits per heavy atom. The van der Waals surface area contributed by atoms with Gasteiger partial charge in [0.05, 0.1) is 6.10 Å². The Hall–Kier alpha value is -1.35. The zero-order valence-corrected chi connectivity index (χ0v) is 10.6. The van der Waals surface area contributed by atoms with Gasteiger partial charge in [0.15, 0.2) is 0 Å². The highest BCUT2D eigenvalue weighted by Crippen LogP contribution is 2.25. The Kier molecular flexibility index (Phi) is 4.29. The third-order valence-electron chi connectivity index (χ3n) is 2.79. The van der Waals surface area contributed by atoms with Crippen molar-refractivity contribution < 1.29 is 15.0 Å². The number of carboxylic acid groups (broad SMARTS) is 1. The van der Waals surface area contributed by atoms with Crippen molar-refractivity contribution in [2.75, 3.05) is 0 Å². The highest BCUT2D eigenvalue weighted by Gasteiger charge is 2.15. The van der Waals surface area contributed by atoms with E-state index in [1.165, 1.54) is 5.56 Å². The van der Waals surface area contributed by atoms with E-state index < -0.39 is 12.1 Å². The second-order valence-electron chi connectivity index (χ2n) is 5.32. The molecule has 0 fully saturated rings. The highest BCUT2D eigenvalue weighted by molar-refractivity contribution is 5.66. The molecule has 0 aliphatic carbocycles. The standard InChI is InChI=1S/C14H20O3/c1-14(2,3)11-6-4-10(5-7-11)12(15)8-9-13(16)17/h4-7,12,15H,8-9H2,1-3H3,(H,16,17). The van der Waals surface area contributed by atoms with Gasteiger partial charge in [0, 0.05) is 6.42 Å². The summed E-state index contributed by atoms with van der Waals surface area (Å²) in [6, 6.07) is 7.71. The molecule has 1 rings (SSSR count). The van der Waals surface area contributed by atoms with Crippen LogP contribution >= 0.6 is 0 Å². The molecule has 0 heterocycles. The van der Waals surface area contributed by atoms with E-state index in [1.807, 2.05) is 24.3 Å². The van der Waals surface area contributed by atoms with Crippen molar-refractivity contribution in [3.63, 3.8) is 0 Å². The molecular weight excluding hydrogens is 216 g/mol. The van der Waals surface area contributed by atoms with Gasteiger partial charge in [0.25, 0.3) is 0 Å². The van der Waals surface area contributed by atoms with Gasteiger partial charge in [-0.15, -0.1) is 0 Å². The molecule has 0 saturated heterocycles. The first-order valence-corrected chi connectivity index (χ1v) is 5.81. The molecule has 3 heteroatoms. The zero-order chi connectivity index (χ0) is 13.1. The Labute approximate surface area is 102 Å². The van der Waals surface area contributed by atoms with Gasteiger partial charge in [-0.1, -0.05) is 45.0 Å². The lowest BCUT2D eigenvalue weighted by Crippen LogP contribution is -2.11.